The van der Waals surface area contributed by atoms with Gasteiger partial charge in [-0.15, -0.1) is 0 Å². The Bertz CT molecular complexity index is 1010. The first-order valence-electron chi connectivity index (χ1n) is 11.0. The summed E-state index contributed by atoms with van der Waals surface area (Å²) < 4.78 is 0. The third-order valence-corrected chi connectivity index (χ3v) is 6.25. The molecule has 3 atom stereocenters. The van der Waals surface area contributed by atoms with Crippen LogP contribution in [0.25, 0.3) is 0 Å². The van der Waals surface area contributed by atoms with E-state index < -0.39 is 18.1 Å². The van der Waals surface area contributed by atoms with Crippen molar-refractivity contribution in [3.63, 3.8) is 0 Å². The van der Waals surface area contributed by atoms with E-state index >= 15 is 0 Å². The van der Waals surface area contributed by atoms with Gasteiger partial charge >= 0.3 is 6.03 Å². The number of amides is 4. The highest BCUT2D eigenvalue weighted by molar-refractivity contribution is 6.21. The Morgan fingerprint density at radius 3 is 2.34 bits per heavy atom. The molecule has 0 unspecified atom stereocenters. The lowest BCUT2D eigenvalue weighted by atomic mass is 9.87. The standard InChI is InChI=1S/C25H29N3O4/c1-25(2,3)17-9-11-19(12-10-17)28-23(31)20-15-18(13-14-27(20)24(28)32)26-22(30)21(29)16-7-5-4-6-8-16/h4-12,18,20-21,29H,13-15H2,1-3H3,(H,26,30)/t18-,20+,21-/m0/s1. The summed E-state index contributed by atoms with van der Waals surface area (Å²) >= 11 is 0. The fourth-order valence-electron chi connectivity index (χ4n) is 4.35. The number of nitrogens with zero attached hydrogens (tertiary/aromatic N) is 2. The predicted octanol–water partition coefficient (Wildman–Crippen LogP) is 3.13. The number of nitrogens with one attached hydrogen (secondary N) is 1. The number of benzene rings is 2. The van der Waals surface area contributed by atoms with Gasteiger partial charge in [-0.1, -0.05) is 63.2 Å². The number of carbonyl (C=O) groups excluding carboxylic acids is 3. The molecule has 2 aliphatic rings. The Morgan fingerprint density at radius 1 is 1.06 bits per heavy atom. The molecule has 168 valence electrons. The minimum atomic E-state index is -1.27. The predicted molar refractivity (Wildman–Crippen MR) is 121 cm³/mol. The van der Waals surface area contributed by atoms with Crippen LogP contribution in [0.5, 0.6) is 0 Å². The van der Waals surface area contributed by atoms with E-state index in [4.69, 9.17) is 0 Å². The molecular weight excluding hydrogens is 406 g/mol. The molecule has 32 heavy (non-hydrogen) atoms. The zero-order valence-electron chi connectivity index (χ0n) is 18.6. The van der Waals surface area contributed by atoms with Crippen LogP contribution < -0.4 is 10.2 Å². The number of aliphatic hydroxyl groups is 1. The summed E-state index contributed by atoms with van der Waals surface area (Å²) in [6.07, 6.45) is -0.415. The number of aliphatic hydroxyl groups excluding tert-OH is 1. The van der Waals surface area contributed by atoms with E-state index in [-0.39, 0.29) is 23.4 Å². The van der Waals surface area contributed by atoms with Gasteiger partial charge in [-0.2, -0.15) is 0 Å². The van der Waals surface area contributed by atoms with E-state index in [1.54, 1.807) is 29.2 Å². The van der Waals surface area contributed by atoms with Crippen molar-refractivity contribution in [1.82, 2.24) is 10.2 Å². The molecule has 7 nitrogen and oxygen atoms in total. The molecule has 0 saturated carbocycles. The first-order valence-corrected chi connectivity index (χ1v) is 11.0. The fourth-order valence-corrected chi connectivity index (χ4v) is 4.35. The van der Waals surface area contributed by atoms with Gasteiger partial charge in [-0.3, -0.25) is 9.59 Å². The number of rotatable bonds is 4. The lowest BCUT2D eigenvalue weighted by Gasteiger charge is -2.33. The van der Waals surface area contributed by atoms with Crippen LogP contribution >= 0.6 is 0 Å². The Morgan fingerprint density at radius 2 is 1.72 bits per heavy atom. The lowest BCUT2D eigenvalue weighted by molar-refractivity contribution is -0.131. The quantitative estimate of drug-likeness (QED) is 0.722. The minimum absolute atomic E-state index is 0.0230. The van der Waals surface area contributed by atoms with Crippen LogP contribution in [-0.2, 0) is 15.0 Å². The molecule has 4 rings (SSSR count). The number of urea groups is 1. The van der Waals surface area contributed by atoms with Gasteiger partial charge in [-0.25, -0.2) is 9.69 Å². The summed E-state index contributed by atoms with van der Waals surface area (Å²) in [4.78, 5) is 41.4. The SMILES string of the molecule is CC(C)(C)c1ccc(N2C(=O)[C@H]3C[C@@H](NC(=O)[C@@H](O)c4ccccc4)CCN3C2=O)cc1. The first-order chi connectivity index (χ1) is 15.2. The van der Waals surface area contributed by atoms with E-state index in [1.165, 1.54) is 4.90 Å². The molecule has 2 aromatic carbocycles. The van der Waals surface area contributed by atoms with Crippen molar-refractivity contribution < 1.29 is 19.5 Å². The lowest BCUT2D eigenvalue weighted by Crippen LogP contribution is -2.50. The van der Waals surface area contributed by atoms with Crippen LogP contribution in [0.15, 0.2) is 54.6 Å². The molecule has 7 heteroatoms. The number of fused-ring (bicyclic) bond motifs is 1. The van der Waals surface area contributed by atoms with Gasteiger partial charge in [0.15, 0.2) is 6.10 Å². The van der Waals surface area contributed by atoms with Crippen molar-refractivity contribution in [2.75, 3.05) is 11.4 Å². The second-order valence-electron chi connectivity index (χ2n) is 9.51. The molecule has 2 aromatic rings. The Hall–Kier alpha value is -3.19. The Labute approximate surface area is 188 Å². The van der Waals surface area contributed by atoms with Crippen molar-refractivity contribution in [3.8, 4) is 0 Å². The van der Waals surface area contributed by atoms with Crippen molar-refractivity contribution in [2.45, 2.75) is 57.2 Å². The van der Waals surface area contributed by atoms with E-state index in [1.807, 2.05) is 30.3 Å². The largest absolute Gasteiger partial charge is 0.378 e. The van der Waals surface area contributed by atoms with Crippen LogP contribution in [0.4, 0.5) is 10.5 Å². The zero-order chi connectivity index (χ0) is 23.0. The number of hydrogen-bond acceptors (Lipinski definition) is 4. The molecule has 2 heterocycles. The summed E-state index contributed by atoms with van der Waals surface area (Å²) in [6.45, 7) is 6.70. The molecule has 2 saturated heterocycles. The minimum Gasteiger partial charge on any atom is -0.378 e. The maximum absolute atomic E-state index is 13.1. The summed E-state index contributed by atoms with van der Waals surface area (Å²) in [5, 5.41) is 13.2. The molecule has 2 N–H and O–H groups in total. The van der Waals surface area contributed by atoms with Gasteiger partial charge in [0.05, 0.1) is 5.69 Å². The highest BCUT2D eigenvalue weighted by Crippen LogP contribution is 2.32. The molecule has 0 aliphatic carbocycles. The summed E-state index contributed by atoms with van der Waals surface area (Å²) in [6, 6.07) is 15.0. The molecule has 2 fully saturated rings. The van der Waals surface area contributed by atoms with E-state index in [0.717, 1.165) is 5.56 Å². The van der Waals surface area contributed by atoms with Gasteiger partial charge < -0.3 is 15.3 Å². The zero-order valence-corrected chi connectivity index (χ0v) is 18.6. The first kappa shape index (κ1) is 22.0. The number of imide groups is 1. The molecule has 0 aromatic heterocycles. The highest BCUT2D eigenvalue weighted by atomic mass is 16.3. The van der Waals surface area contributed by atoms with Gasteiger partial charge in [0.1, 0.15) is 6.04 Å². The molecule has 0 spiro atoms. The summed E-state index contributed by atoms with van der Waals surface area (Å²) in [5.41, 5.74) is 2.17. The van der Waals surface area contributed by atoms with Gasteiger partial charge in [0.2, 0.25) is 0 Å². The van der Waals surface area contributed by atoms with Crippen molar-refractivity contribution in [2.24, 2.45) is 0 Å². The summed E-state index contributed by atoms with van der Waals surface area (Å²) in [7, 11) is 0. The van der Waals surface area contributed by atoms with Crippen LogP contribution in [0.2, 0.25) is 0 Å². The third kappa shape index (κ3) is 4.12. The average molecular weight is 436 g/mol. The number of hydrogen-bond donors (Lipinski definition) is 2. The van der Waals surface area contributed by atoms with Crippen LogP contribution in [0.3, 0.4) is 0 Å². The second-order valence-corrected chi connectivity index (χ2v) is 9.51. The number of piperidine rings is 1. The maximum Gasteiger partial charge on any atom is 0.332 e. The second kappa shape index (κ2) is 8.39. The van der Waals surface area contributed by atoms with E-state index in [2.05, 4.69) is 26.1 Å². The molecule has 4 amide bonds. The fraction of sp³-hybridized carbons (Fsp3) is 0.400. The van der Waals surface area contributed by atoms with Crippen molar-refractivity contribution in [3.05, 3.63) is 65.7 Å². The molecule has 0 radical (unpaired) electrons. The summed E-state index contributed by atoms with van der Waals surface area (Å²) in [5.74, 6) is -0.776. The smallest absolute Gasteiger partial charge is 0.332 e. The topological polar surface area (TPSA) is 89.9 Å². The normalized spacial score (nSPS) is 22.0. The Kier molecular flexibility index (Phi) is 5.77. The third-order valence-electron chi connectivity index (χ3n) is 6.25. The van der Waals surface area contributed by atoms with E-state index in [0.29, 0.717) is 30.6 Å². The van der Waals surface area contributed by atoms with Gasteiger partial charge in [0.25, 0.3) is 11.8 Å². The molecule has 0 bridgehead atoms. The van der Waals surface area contributed by atoms with Crippen LogP contribution in [0, 0.1) is 0 Å². The van der Waals surface area contributed by atoms with Crippen LogP contribution in [0.1, 0.15) is 50.8 Å². The Balaban J connectivity index is 1.44. The maximum atomic E-state index is 13.1. The number of carbonyl (C=O) groups is 3. The number of anilines is 1. The average Bonchev–Trinajstić information content (AvgIpc) is 3.03. The highest BCUT2D eigenvalue weighted by Gasteiger charge is 2.48. The van der Waals surface area contributed by atoms with E-state index in [9.17, 15) is 19.5 Å². The molecular formula is C25H29N3O4. The van der Waals surface area contributed by atoms with Gasteiger partial charge in [-0.05, 0) is 41.5 Å². The van der Waals surface area contributed by atoms with Crippen molar-refractivity contribution >= 4 is 23.5 Å². The van der Waals surface area contributed by atoms with Gasteiger partial charge in [0, 0.05) is 12.6 Å². The van der Waals surface area contributed by atoms with Crippen LogP contribution in [-0.4, -0.2) is 46.5 Å². The van der Waals surface area contributed by atoms with Crippen molar-refractivity contribution in [1.29, 1.82) is 0 Å². The molecule has 2 aliphatic heterocycles. The monoisotopic (exact) mass is 435 g/mol.